The second-order valence-electron chi connectivity index (χ2n) is 7.44. The van der Waals surface area contributed by atoms with Crippen LogP contribution >= 0.6 is 27.3 Å². The van der Waals surface area contributed by atoms with Crippen LogP contribution in [0.5, 0.6) is 0 Å². The summed E-state index contributed by atoms with van der Waals surface area (Å²) < 4.78 is 0.990. The van der Waals surface area contributed by atoms with E-state index in [4.69, 9.17) is 0 Å². The van der Waals surface area contributed by atoms with Crippen LogP contribution in [0.15, 0.2) is 59.1 Å². The highest BCUT2D eigenvalue weighted by Gasteiger charge is 2.16. The lowest BCUT2D eigenvalue weighted by Crippen LogP contribution is -2.35. The maximum Gasteiger partial charge on any atom is 0.227 e. The number of aromatic nitrogens is 2. The van der Waals surface area contributed by atoms with Crippen molar-refractivity contribution >= 4 is 44.2 Å². The minimum atomic E-state index is -0.170. The van der Waals surface area contributed by atoms with Gasteiger partial charge in [-0.2, -0.15) is 0 Å². The van der Waals surface area contributed by atoms with Crippen molar-refractivity contribution in [2.45, 2.75) is 39.0 Å². The third kappa shape index (κ3) is 7.53. The van der Waals surface area contributed by atoms with E-state index in [-0.39, 0.29) is 18.2 Å². The molecule has 2 aromatic carbocycles. The van der Waals surface area contributed by atoms with Crippen LogP contribution in [-0.4, -0.2) is 40.0 Å². The molecule has 2 amide bonds. The number of nitrogens with one attached hydrogen (secondary N) is 1. The molecule has 0 bridgehead atoms. The number of nitrogens with zero attached hydrogens (tertiary/aromatic N) is 3. The van der Waals surface area contributed by atoms with Crippen molar-refractivity contribution in [3.8, 4) is 10.6 Å². The molecule has 1 aromatic heterocycles. The average molecular weight is 515 g/mol. The first-order valence-corrected chi connectivity index (χ1v) is 12.4. The standard InChI is InChI=1S/C24H27BrN4O2S/c1-2-3-9-22(31)29(16-14-18-7-5-4-6-8-18)17-15-21(30)26-24-28-27-23(32-24)19-10-12-20(25)13-11-19/h4-8,10-13H,2-3,9,14-17H2,1H3,(H,26,28,30). The number of anilines is 1. The van der Waals surface area contributed by atoms with Gasteiger partial charge < -0.3 is 10.2 Å². The maximum absolute atomic E-state index is 12.6. The zero-order chi connectivity index (χ0) is 22.8. The van der Waals surface area contributed by atoms with Gasteiger partial charge in [-0.05, 0) is 30.5 Å². The normalized spacial score (nSPS) is 10.7. The van der Waals surface area contributed by atoms with Gasteiger partial charge in [-0.1, -0.05) is 83.1 Å². The molecule has 0 saturated carbocycles. The molecular weight excluding hydrogens is 488 g/mol. The number of unbranched alkanes of at least 4 members (excludes halogenated alkanes) is 1. The van der Waals surface area contributed by atoms with Crippen LogP contribution < -0.4 is 5.32 Å². The number of carbonyl (C=O) groups excluding carboxylic acids is 2. The molecule has 1 heterocycles. The summed E-state index contributed by atoms with van der Waals surface area (Å²) in [6.07, 6.45) is 3.33. The molecule has 0 aliphatic carbocycles. The second-order valence-corrected chi connectivity index (χ2v) is 9.33. The van der Waals surface area contributed by atoms with Crippen LogP contribution in [0, 0.1) is 0 Å². The molecule has 0 radical (unpaired) electrons. The van der Waals surface area contributed by atoms with Gasteiger partial charge in [-0.15, -0.1) is 10.2 Å². The maximum atomic E-state index is 12.6. The van der Waals surface area contributed by atoms with Crippen molar-refractivity contribution in [3.05, 3.63) is 64.6 Å². The molecule has 8 heteroatoms. The molecule has 1 N–H and O–H groups in total. The Morgan fingerprint density at radius 3 is 2.47 bits per heavy atom. The minimum Gasteiger partial charge on any atom is -0.342 e. The van der Waals surface area contributed by atoms with Crippen molar-refractivity contribution in [1.29, 1.82) is 0 Å². The van der Waals surface area contributed by atoms with Gasteiger partial charge in [-0.25, -0.2) is 0 Å². The number of amides is 2. The van der Waals surface area contributed by atoms with Gasteiger partial charge in [0.05, 0.1) is 0 Å². The zero-order valence-corrected chi connectivity index (χ0v) is 20.5. The lowest BCUT2D eigenvalue weighted by molar-refractivity contribution is -0.131. The van der Waals surface area contributed by atoms with Crippen molar-refractivity contribution in [2.24, 2.45) is 0 Å². The number of carbonyl (C=O) groups is 2. The summed E-state index contributed by atoms with van der Waals surface area (Å²) in [5.74, 6) is -0.0690. The summed E-state index contributed by atoms with van der Waals surface area (Å²) in [5, 5.41) is 12.3. The number of halogens is 1. The Morgan fingerprint density at radius 2 is 1.75 bits per heavy atom. The molecule has 3 rings (SSSR count). The predicted molar refractivity (Wildman–Crippen MR) is 133 cm³/mol. The fraction of sp³-hybridized carbons (Fsp3) is 0.333. The zero-order valence-electron chi connectivity index (χ0n) is 18.1. The van der Waals surface area contributed by atoms with Gasteiger partial charge in [0, 0.05) is 36.0 Å². The number of benzene rings is 2. The molecule has 0 aliphatic heterocycles. The SMILES string of the molecule is CCCCC(=O)N(CCC(=O)Nc1nnc(-c2ccc(Br)cc2)s1)CCc1ccccc1. The Balaban J connectivity index is 1.54. The van der Waals surface area contributed by atoms with Gasteiger partial charge >= 0.3 is 0 Å². The fourth-order valence-corrected chi connectivity index (χ4v) is 4.19. The third-order valence-electron chi connectivity index (χ3n) is 4.98. The first-order chi connectivity index (χ1) is 15.5. The molecule has 0 saturated heterocycles. The summed E-state index contributed by atoms with van der Waals surface area (Å²) in [7, 11) is 0. The van der Waals surface area contributed by atoms with E-state index < -0.39 is 0 Å². The van der Waals surface area contributed by atoms with E-state index in [1.54, 1.807) is 4.90 Å². The highest BCUT2D eigenvalue weighted by atomic mass is 79.9. The minimum absolute atomic E-state index is 0.101. The summed E-state index contributed by atoms with van der Waals surface area (Å²) in [5.41, 5.74) is 2.12. The molecule has 0 fully saturated rings. The Labute approximate surface area is 201 Å². The van der Waals surface area contributed by atoms with E-state index in [1.807, 2.05) is 42.5 Å². The molecule has 0 atom stereocenters. The van der Waals surface area contributed by atoms with E-state index >= 15 is 0 Å². The molecule has 32 heavy (non-hydrogen) atoms. The third-order valence-corrected chi connectivity index (χ3v) is 6.40. The summed E-state index contributed by atoms with van der Waals surface area (Å²) >= 11 is 4.74. The topological polar surface area (TPSA) is 75.2 Å². The van der Waals surface area contributed by atoms with Crippen LogP contribution in [0.25, 0.3) is 10.6 Å². The van der Waals surface area contributed by atoms with Crippen LogP contribution in [-0.2, 0) is 16.0 Å². The predicted octanol–water partition coefficient (Wildman–Crippen LogP) is 5.56. The molecule has 168 valence electrons. The average Bonchev–Trinajstić information content (AvgIpc) is 3.27. The van der Waals surface area contributed by atoms with Crippen molar-refractivity contribution in [1.82, 2.24) is 15.1 Å². The van der Waals surface area contributed by atoms with E-state index in [2.05, 4.69) is 50.5 Å². The molecule has 3 aromatic rings. The van der Waals surface area contributed by atoms with E-state index in [9.17, 15) is 9.59 Å². The Morgan fingerprint density at radius 1 is 1.00 bits per heavy atom. The van der Waals surface area contributed by atoms with Crippen LogP contribution in [0.4, 0.5) is 5.13 Å². The number of hydrogen-bond donors (Lipinski definition) is 1. The lowest BCUT2D eigenvalue weighted by Gasteiger charge is -2.22. The largest absolute Gasteiger partial charge is 0.342 e. The molecule has 0 spiro atoms. The molecule has 0 aliphatic rings. The number of hydrogen-bond acceptors (Lipinski definition) is 5. The monoisotopic (exact) mass is 514 g/mol. The van der Waals surface area contributed by atoms with E-state index in [1.165, 1.54) is 16.9 Å². The van der Waals surface area contributed by atoms with Gasteiger partial charge in [0.25, 0.3) is 0 Å². The summed E-state index contributed by atoms with van der Waals surface area (Å²) in [6, 6.07) is 17.9. The summed E-state index contributed by atoms with van der Waals surface area (Å²) in [6.45, 7) is 3.06. The van der Waals surface area contributed by atoms with Crippen LogP contribution in [0.3, 0.4) is 0 Å². The smallest absolute Gasteiger partial charge is 0.227 e. The van der Waals surface area contributed by atoms with Gasteiger partial charge in [0.15, 0.2) is 0 Å². The fourth-order valence-electron chi connectivity index (χ4n) is 3.16. The van der Waals surface area contributed by atoms with E-state index in [0.29, 0.717) is 24.6 Å². The lowest BCUT2D eigenvalue weighted by atomic mass is 10.1. The second kappa shape index (κ2) is 12.5. The van der Waals surface area contributed by atoms with E-state index in [0.717, 1.165) is 34.3 Å². The van der Waals surface area contributed by atoms with Crippen LogP contribution in [0.1, 0.15) is 38.2 Å². The molecular formula is C24H27BrN4O2S. The van der Waals surface area contributed by atoms with Crippen molar-refractivity contribution in [2.75, 3.05) is 18.4 Å². The van der Waals surface area contributed by atoms with Crippen molar-refractivity contribution < 1.29 is 9.59 Å². The van der Waals surface area contributed by atoms with Crippen molar-refractivity contribution in [3.63, 3.8) is 0 Å². The highest BCUT2D eigenvalue weighted by Crippen LogP contribution is 2.27. The Kier molecular flexibility index (Phi) is 9.37. The van der Waals surface area contributed by atoms with Crippen LogP contribution in [0.2, 0.25) is 0 Å². The quantitative estimate of drug-likeness (QED) is 0.363. The number of rotatable bonds is 11. The summed E-state index contributed by atoms with van der Waals surface area (Å²) in [4.78, 5) is 27.0. The highest BCUT2D eigenvalue weighted by molar-refractivity contribution is 9.10. The Hall–Kier alpha value is -2.58. The first-order valence-electron chi connectivity index (χ1n) is 10.8. The molecule has 6 nitrogen and oxygen atoms in total. The van der Waals surface area contributed by atoms with Gasteiger partial charge in [0.2, 0.25) is 16.9 Å². The first kappa shape index (κ1) is 24.1. The Bertz CT molecular complexity index is 1010. The van der Waals surface area contributed by atoms with Gasteiger partial charge in [0.1, 0.15) is 5.01 Å². The molecule has 0 unspecified atom stereocenters. The van der Waals surface area contributed by atoms with Gasteiger partial charge in [-0.3, -0.25) is 9.59 Å².